The predicted octanol–water partition coefficient (Wildman–Crippen LogP) is -12.6. The molecule has 55 heteroatoms. The van der Waals surface area contributed by atoms with Gasteiger partial charge in [-0.2, -0.15) is 0 Å². The zero-order valence-corrected chi connectivity index (χ0v) is 76.3. The second-order valence-corrected chi connectivity index (χ2v) is 32.5. The minimum Gasteiger partial charge on any atom is -0.480 e. The first-order chi connectivity index (χ1) is 62.9. The number of carboxylic acid groups (broad SMARTS) is 4. The number of hydrogen-bond acceptors (Lipinski definition) is 37. The maximum Gasteiger partial charge on any atom is 0.326 e. The van der Waals surface area contributed by atoms with E-state index >= 15 is 0 Å². The van der Waals surface area contributed by atoms with Crippen LogP contribution in [-0.2, 0) is 134 Å². The van der Waals surface area contributed by atoms with Gasteiger partial charge in [0.15, 0.2) is 25.2 Å². The van der Waals surface area contributed by atoms with Crippen molar-refractivity contribution in [2.24, 2.45) is 11.5 Å². The van der Waals surface area contributed by atoms with Gasteiger partial charge >= 0.3 is 23.9 Å². The van der Waals surface area contributed by atoms with E-state index < -0.39 is 354 Å². The number of nitrogens with two attached hydrogens (primary N) is 2. The molecule has 0 saturated carbocycles. The fraction of sp³-hybridized carbons (Fsp3) is 0.772. The summed E-state index contributed by atoms with van der Waals surface area (Å²) in [6.07, 6.45) is -36.0. The van der Waals surface area contributed by atoms with Gasteiger partial charge in [0.2, 0.25) is 82.7 Å². The van der Waals surface area contributed by atoms with Gasteiger partial charge < -0.3 is 189 Å². The molecule has 32 atom stereocenters. The van der Waals surface area contributed by atoms with Crippen LogP contribution in [0.15, 0.2) is 0 Å². The lowest BCUT2D eigenvalue weighted by atomic mass is 9.92. The number of aliphatic hydroxyl groups is 7. The summed E-state index contributed by atoms with van der Waals surface area (Å²) in [6, 6.07) is -22.2. The van der Waals surface area contributed by atoms with Gasteiger partial charge in [-0.25, -0.2) is 9.59 Å². The number of carbonyl (C=O) groups is 18. The van der Waals surface area contributed by atoms with Crippen LogP contribution in [-0.4, -0.2) is 405 Å². The van der Waals surface area contributed by atoms with Crippen LogP contribution >= 0.6 is 0 Å². The van der Waals surface area contributed by atoms with Gasteiger partial charge in [-0.05, 0) is 120 Å². The number of amides is 14. The van der Waals surface area contributed by atoms with Crippen molar-refractivity contribution >= 4 is 107 Å². The summed E-state index contributed by atoms with van der Waals surface area (Å²) in [7, 11) is 1.11. The number of ether oxygens (including phenoxy) is 10. The normalized spacial score (nSPS) is 27.7. The summed E-state index contributed by atoms with van der Waals surface area (Å²) in [6.45, 7) is 9.18. The van der Waals surface area contributed by atoms with Crippen molar-refractivity contribution in [3.8, 4) is 0 Å². The molecule has 4 aliphatic rings. The van der Waals surface area contributed by atoms with Crippen LogP contribution in [0.5, 0.6) is 0 Å². The van der Waals surface area contributed by atoms with E-state index in [1.165, 1.54) is 27.7 Å². The first-order valence-corrected chi connectivity index (χ1v) is 43.2. The minimum atomic E-state index is -2.26. The molecule has 762 valence electrons. The van der Waals surface area contributed by atoms with Gasteiger partial charge in [-0.15, -0.1) is 0 Å². The van der Waals surface area contributed by atoms with Gasteiger partial charge in [-0.3, -0.25) is 76.7 Å². The Hall–Kier alpha value is -10.3. The van der Waals surface area contributed by atoms with E-state index in [1.54, 1.807) is 0 Å². The Balaban J connectivity index is 1.69. The van der Waals surface area contributed by atoms with Gasteiger partial charge in [0.05, 0.1) is 26.4 Å². The van der Waals surface area contributed by atoms with Crippen LogP contribution in [0.3, 0.4) is 0 Å². The quantitative estimate of drug-likeness (QED) is 0.0251. The van der Waals surface area contributed by atoms with Crippen LogP contribution in [0, 0.1) is 0 Å². The summed E-state index contributed by atoms with van der Waals surface area (Å²) in [5.74, 6) is -19.6. The molecule has 29 N–H and O–H groups in total. The molecule has 0 radical (unpaired) electrons. The van der Waals surface area contributed by atoms with Gasteiger partial charge in [-0.1, -0.05) is 0 Å². The Morgan fingerprint density at radius 1 is 0.313 bits per heavy atom. The number of nitrogens with one attached hydrogen (secondary N) is 14. The van der Waals surface area contributed by atoms with Gasteiger partial charge in [0, 0.05) is 47.6 Å². The molecular weight excluding hydrogens is 1800 g/mol. The number of aliphatic carboxylic acids is 4. The summed E-state index contributed by atoms with van der Waals surface area (Å²) < 4.78 is 62.1. The largest absolute Gasteiger partial charge is 0.480 e. The van der Waals surface area contributed by atoms with Crippen LogP contribution in [0.2, 0.25) is 0 Å². The Labute approximate surface area is 768 Å². The Morgan fingerprint density at radius 2 is 0.604 bits per heavy atom. The second-order valence-electron chi connectivity index (χ2n) is 32.5. The zero-order chi connectivity index (χ0) is 101. The van der Waals surface area contributed by atoms with Crippen molar-refractivity contribution in [1.29, 1.82) is 0 Å². The number of hydrogen-bond donors (Lipinski definition) is 27. The fourth-order valence-electron chi connectivity index (χ4n) is 14.3. The van der Waals surface area contributed by atoms with Crippen molar-refractivity contribution in [1.82, 2.24) is 74.4 Å². The summed E-state index contributed by atoms with van der Waals surface area (Å²) in [5.41, 5.74) is 11.3. The van der Waals surface area contributed by atoms with E-state index in [-0.39, 0.29) is 32.4 Å². The molecule has 0 aromatic heterocycles. The highest BCUT2D eigenvalue weighted by Crippen LogP contribution is 2.37. The highest BCUT2D eigenvalue weighted by molar-refractivity contribution is 5.96. The van der Waals surface area contributed by atoms with Crippen molar-refractivity contribution < 1.29 is 190 Å². The van der Waals surface area contributed by atoms with E-state index in [2.05, 4.69) is 74.4 Å². The molecule has 0 aromatic rings. The average Bonchev–Trinajstić information content (AvgIpc) is 0.752. The third-order valence-electron chi connectivity index (χ3n) is 21.6. The lowest BCUT2D eigenvalue weighted by molar-refractivity contribution is -0.366. The first-order valence-electron chi connectivity index (χ1n) is 43.2. The fourth-order valence-corrected chi connectivity index (χ4v) is 14.3. The number of aliphatic hydroxyl groups excluding tert-OH is 7. The molecule has 4 rings (SSSR count). The van der Waals surface area contributed by atoms with Crippen molar-refractivity contribution in [2.75, 3.05) is 46.6 Å². The number of methoxy groups -OCH3 is 1. The maximum atomic E-state index is 14.5. The Bertz CT molecular complexity index is 3980. The van der Waals surface area contributed by atoms with Gasteiger partial charge in [0.1, 0.15) is 170 Å². The van der Waals surface area contributed by atoms with E-state index in [4.69, 9.17) is 58.8 Å². The monoisotopic (exact) mass is 1930 g/mol. The SMILES string of the molecule is CO[C@@H]1O[C@H](CO)[C@@H](O[C@@H]2O[C@H](CO)[C@@H](O[C@@H]3O[C@H](CO)[C@@H](O[C@@H]4O[C@H](CO)[C@@H](O)[C@H](O)[C@H]4NC(C)=O)[C@H](O[C@H](C)C(=O)N[C@@H](C)C(=O)N[C@H](CCC(=O)N[C@@H](CCCCN)C(=O)N[C@H](C)C(=O)N[C@H](C)C(=O)O)C(=O)O)[C@H]3NC(C)=O)[C@H](O)[C@H]2NC(C)=O)[C@H](O[C@H](C)C(=O)N[C@H](C)C(=O)N[C@@H](CCC(=O)N[C@H](CCCCN)C(=O)N[C@@H](C)C(=O)N[C@@H](C)C(=O)O)C(=O)O)[C@H]1NC(C)=O. The zero-order valence-electron chi connectivity index (χ0n) is 76.3. The number of unbranched alkanes of at least 4 members (excludes halogenated alkanes) is 2. The summed E-state index contributed by atoms with van der Waals surface area (Å²) in [5, 5.41) is 151. The molecule has 55 nitrogen and oxygen atoms in total. The Kier molecular flexibility index (Phi) is 48.7. The number of carboxylic acids is 4. The summed E-state index contributed by atoms with van der Waals surface area (Å²) in [4.78, 5) is 236. The Morgan fingerprint density at radius 3 is 0.933 bits per heavy atom. The van der Waals surface area contributed by atoms with E-state index in [9.17, 15) is 142 Å². The van der Waals surface area contributed by atoms with E-state index in [0.717, 1.165) is 62.5 Å². The lowest BCUT2D eigenvalue weighted by Crippen LogP contribution is -2.72. The molecule has 0 unspecified atom stereocenters. The molecule has 0 aromatic carbocycles. The molecule has 0 spiro atoms. The highest BCUT2D eigenvalue weighted by Gasteiger charge is 2.59. The summed E-state index contributed by atoms with van der Waals surface area (Å²) >= 11 is 0. The first kappa shape index (κ1) is 116. The second kappa shape index (κ2) is 56.3. The molecule has 14 amide bonds. The van der Waals surface area contributed by atoms with Crippen LogP contribution in [0.25, 0.3) is 0 Å². The molecular formula is C79H132N16O39. The van der Waals surface area contributed by atoms with Crippen molar-refractivity contribution in [3.05, 3.63) is 0 Å². The molecule has 4 fully saturated rings. The van der Waals surface area contributed by atoms with Gasteiger partial charge in [0.25, 0.3) is 0 Å². The molecule has 4 saturated heterocycles. The minimum absolute atomic E-state index is 0.00757. The predicted molar refractivity (Wildman–Crippen MR) is 450 cm³/mol. The van der Waals surface area contributed by atoms with Crippen LogP contribution in [0.1, 0.15) is 147 Å². The maximum absolute atomic E-state index is 14.5. The molecule has 134 heavy (non-hydrogen) atoms. The average molecular weight is 1930 g/mol. The third-order valence-corrected chi connectivity index (χ3v) is 21.6. The van der Waals surface area contributed by atoms with Crippen LogP contribution < -0.4 is 85.9 Å². The molecule has 4 heterocycles. The highest BCUT2D eigenvalue weighted by atomic mass is 16.8. The van der Waals surface area contributed by atoms with E-state index in [1.807, 2.05) is 0 Å². The van der Waals surface area contributed by atoms with Crippen molar-refractivity contribution in [3.63, 3.8) is 0 Å². The smallest absolute Gasteiger partial charge is 0.326 e. The molecule has 4 aliphatic heterocycles. The molecule has 0 bridgehead atoms. The number of rotatable bonds is 55. The van der Waals surface area contributed by atoms with E-state index in [0.29, 0.717) is 19.3 Å². The number of carbonyl (C=O) groups excluding carboxylic acids is 14. The van der Waals surface area contributed by atoms with Crippen molar-refractivity contribution in [2.45, 2.75) is 342 Å². The third kappa shape index (κ3) is 35.4. The standard InChI is InChI=1S/C79H132N16O39/c1-30(64(109)86-34(5)72(117)118)84-70(115)42(18-14-16-24-80)92-50(104)22-20-44(74(121)122)94-66(111)32(3)82-68(113)36(7)126-62-54(90-40(11)102)76(125-13)129-48(28-98)60(62)134-78-53(89-39(10)101)58(108)59(47(27-97)130-78)132-79-55(91-41(12)103)63(61(49(29-99)131-79)133-77-52(88-38(9)100)57(107)56(106)46(26-96)128-77)127-37(8)69(114)83-33(4)67(112)95-45(75(123)124)21-23-51(105)93-43(19-15-17-25-81)71(116)85-31(2)65(110)87-35(6)73(119)120/h30-37,42-49,52-63,76-79,96-99,106-108H,14-29,80-81H2,1-13H3,(H,82,113)(H,83,114)(H,84,115)(H,85,116)(H,86,109)(H,87,110)(H,88,100)(H,89,101)(H,90,102)(H,91,103)(H,92,104)(H,93,105)(H,94,111)(H,95,112)(H,117,118)(H,119,120)(H,121,122)(H,123,124)/t30-,31+,32+,33-,34-,35+,36+,37+,42+,43-,44-,45+,46+,47+,48+,49+,52+,53+,54+,55+,56+,57+,58+,59+,60+,61+,62+,63+,76+,77-,78-,79-/m0/s1. The molecule has 0 aliphatic carbocycles. The topological polar surface area (TPSA) is 843 Å². The lowest BCUT2D eigenvalue weighted by Gasteiger charge is -2.52. The van der Waals surface area contributed by atoms with Crippen LogP contribution in [0.4, 0.5) is 0 Å².